The van der Waals surface area contributed by atoms with Crippen molar-refractivity contribution in [3.8, 4) is 5.75 Å². The first-order valence-corrected chi connectivity index (χ1v) is 12.0. The molecule has 2 aromatic carbocycles. The lowest BCUT2D eigenvalue weighted by Gasteiger charge is -2.45. The molecular formula is C21H24Cl2N2O6S. The van der Waals surface area contributed by atoms with Gasteiger partial charge in [-0.1, -0.05) is 43.1 Å². The van der Waals surface area contributed by atoms with Crippen molar-refractivity contribution in [3.63, 3.8) is 0 Å². The van der Waals surface area contributed by atoms with Gasteiger partial charge in [-0.3, -0.25) is 10.0 Å². The number of rotatable bonds is 6. The molecule has 0 spiro atoms. The maximum absolute atomic E-state index is 13.3. The average molecular weight is 503 g/mol. The molecule has 1 amide bonds. The van der Waals surface area contributed by atoms with E-state index in [9.17, 15) is 18.3 Å². The van der Waals surface area contributed by atoms with Crippen molar-refractivity contribution in [3.05, 3.63) is 58.1 Å². The van der Waals surface area contributed by atoms with E-state index >= 15 is 0 Å². The number of hydroxylamine groups is 1. The lowest BCUT2D eigenvalue weighted by Crippen LogP contribution is -2.62. The summed E-state index contributed by atoms with van der Waals surface area (Å²) >= 11 is 12.0. The zero-order valence-corrected chi connectivity index (χ0v) is 19.8. The summed E-state index contributed by atoms with van der Waals surface area (Å²) in [5.41, 5.74) is 1.36. The highest BCUT2D eigenvalue weighted by Gasteiger charge is 2.50. The Morgan fingerprint density at radius 1 is 1.22 bits per heavy atom. The fourth-order valence-electron chi connectivity index (χ4n) is 3.91. The predicted molar refractivity (Wildman–Crippen MR) is 119 cm³/mol. The zero-order chi connectivity index (χ0) is 23.7. The van der Waals surface area contributed by atoms with Crippen LogP contribution in [0.15, 0.2) is 47.4 Å². The fraction of sp³-hybridized carbons (Fsp3) is 0.381. The number of β-amino-alcohol motifs (C(OH)–C–C–N with tert-alkyl or cyclic N) is 1. The summed E-state index contributed by atoms with van der Waals surface area (Å²) in [6, 6.07) is 9.53. The van der Waals surface area contributed by atoms with Crippen LogP contribution < -0.4 is 10.2 Å². The summed E-state index contributed by atoms with van der Waals surface area (Å²) in [5, 5.41) is 20.3. The third-order valence-electron chi connectivity index (χ3n) is 5.38. The van der Waals surface area contributed by atoms with E-state index in [1.54, 1.807) is 37.5 Å². The summed E-state index contributed by atoms with van der Waals surface area (Å²) in [4.78, 5) is 12.2. The number of aliphatic hydroxyl groups excluding tert-OH is 1. The lowest BCUT2D eigenvalue weighted by atomic mass is 9.76. The molecule has 3 rings (SSSR count). The molecule has 2 aromatic rings. The van der Waals surface area contributed by atoms with Crippen LogP contribution in [0, 0.1) is 5.41 Å². The smallest absolute Gasteiger partial charge is 0.262 e. The summed E-state index contributed by atoms with van der Waals surface area (Å²) < 4.78 is 33.2. The second-order valence-corrected chi connectivity index (χ2v) is 11.0. The van der Waals surface area contributed by atoms with E-state index in [0.29, 0.717) is 15.8 Å². The number of carbonyl (C=O) groups excluding carboxylic acids is 1. The molecule has 1 fully saturated rings. The van der Waals surface area contributed by atoms with Gasteiger partial charge in [0, 0.05) is 22.2 Å². The molecule has 3 N–H and O–H groups in total. The van der Waals surface area contributed by atoms with E-state index < -0.39 is 33.5 Å². The molecule has 0 bridgehead atoms. The van der Waals surface area contributed by atoms with Gasteiger partial charge in [-0.15, -0.1) is 0 Å². The van der Waals surface area contributed by atoms with Crippen LogP contribution in [0.5, 0.6) is 5.75 Å². The first-order valence-electron chi connectivity index (χ1n) is 9.76. The number of amides is 1. The number of nitrogens with one attached hydrogen (secondary N) is 1. The number of halogens is 2. The molecule has 8 nitrogen and oxygen atoms in total. The molecule has 1 aliphatic heterocycles. The average Bonchev–Trinajstić information content (AvgIpc) is 2.71. The van der Waals surface area contributed by atoms with Crippen LogP contribution >= 0.6 is 23.2 Å². The second kappa shape index (κ2) is 9.54. The Hall–Kier alpha value is -1.88. The van der Waals surface area contributed by atoms with E-state index in [1.807, 2.05) is 0 Å². The number of sulfonamides is 1. The molecule has 0 aromatic heterocycles. The van der Waals surface area contributed by atoms with Gasteiger partial charge in [0.25, 0.3) is 5.91 Å². The van der Waals surface area contributed by atoms with Gasteiger partial charge in [-0.25, -0.2) is 13.9 Å². The molecule has 1 heterocycles. The number of nitrogens with zero attached hydrogens (tertiary/aromatic N) is 1. The van der Waals surface area contributed by atoms with Crippen LogP contribution in [0.4, 0.5) is 0 Å². The second-order valence-electron chi connectivity index (χ2n) is 8.30. The Morgan fingerprint density at radius 2 is 1.88 bits per heavy atom. The van der Waals surface area contributed by atoms with Gasteiger partial charge in [0.2, 0.25) is 10.0 Å². The molecule has 11 heteroatoms. The first-order chi connectivity index (χ1) is 15.0. The molecule has 0 saturated carbocycles. The maximum Gasteiger partial charge on any atom is 0.262 e. The van der Waals surface area contributed by atoms with Crippen LogP contribution in [-0.2, 0) is 21.4 Å². The minimum Gasteiger partial charge on any atom is -0.489 e. The topological polar surface area (TPSA) is 116 Å². The van der Waals surface area contributed by atoms with Crippen LogP contribution in [0.25, 0.3) is 0 Å². The summed E-state index contributed by atoms with van der Waals surface area (Å²) in [6.07, 6.45) is -0.744. The molecule has 174 valence electrons. The van der Waals surface area contributed by atoms with Crippen LogP contribution in [0.3, 0.4) is 0 Å². The molecule has 1 saturated heterocycles. The van der Waals surface area contributed by atoms with E-state index in [-0.39, 0.29) is 24.5 Å². The van der Waals surface area contributed by atoms with Crippen molar-refractivity contribution in [2.24, 2.45) is 5.41 Å². The van der Waals surface area contributed by atoms with E-state index in [4.69, 9.17) is 33.1 Å². The highest BCUT2D eigenvalue weighted by atomic mass is 35.5. The number of aliphatic hydroxyl groups is 1. The van der Waals surface area contributed by atoms with E-state index in [0.717, 1.165) is 9.87 Å². The Labute approximate surface area is 196 Å². The Balaban J connectivity index is 1.82. The molecule has 2 atom stereocenters. The quantitative estimate of drug-likeness (QED) is 0.412. The highest BCUT2D eigenvalue weighted by molar-refractivity contribution is 7.89. The minimum atomic E-state index is -4.16. The third kappa shape index (κ3) is 5.19. The molecule has 32 heavy (non-hydrogen) atoms. The van der Waals surface area contributed by atoms with Gasteiger partial charge < -0.3 is 9.84 Å². The number of hydrogen-bond donors (Lipinski definition) is 3. The molecule has 0 aliphatic carbocycles. The number of piperidine rings is 1. The van der Waals surface area contributed by atoms with Gasteiger partial charge in [0.15, 0.2) is 0 Å². The summed E-state index contributed by atoms with van der Waals surface area (Å²) in [7, 11) is -4.16. The Kier molecular flexibility index (Phi) is 7.38. The predicted octanol–water partition coefficient (Wildman–Crippen LogP) is 3.23. The van der Waals surface area contributed by atoms with Crippen molar-refractivity contribution in [1.29, 1.82) is 0 Å². The largest absolute Gasteiger partial charge is 0.489 e. The maximum atomic E-state index is 13.3. The van der Waals surface area contributed by atoms with Gasteiger partial charge in [-0.05, 0) is 48.2 Å². The van der Waals surface area contributed by atoms with Gasteiger partial charge in [-0.2, -0.15) is 4.31 Å². The van der Waals surface area contributed by atoms with E-state index in [1.165, 1.54) is 24.3 Å². The van der Waals surface area contributed by atoms with Crippen LogP contribution in [-0.4, -0.2) is 47.6 Å². The monoisotopic (exact) mass is 502 g/mol. The Morgan fingerprint density at radius 3 is 2.47 bits per heavy atom. The van der Waals surface area contributed by atoms with Crippen molar-refractivity contribution >= 4 is 39.1 Å². The van der Waals surface area contributed by atoms with Gasteiger partial charge in [0.05, 0.1) is 11.0 Å². The minimum absolute atomic E-state index is 0.0741. The summed E-state index contributed by atoms with van der Waals surface area (Å²) in [6.45, 7) is 3.22. The lowest BCUT2D eigenvalue weighted by molar-refractivity contribution is -0.140. The van der Waals surface area contributed by atoms with Crippen molar-refractivity contribution in [1.82, 2.24) is 9.79 Å². The third-order valence-corrected chi connectivity index (χ3v) is 7.81. The molecule has 2 unspecified atom stereocenters. The van der Waals surface area contributed by atoms with Crippen molar-refractivity contribution < 1.29 is 28.3 Å². The number of benzene rings is 2. The number of hydrogen-bond acceptors (Lipinski definition) is 6. The standard InChI is InChI=1S/C21H24Cl2N2O6S/c1-21(2)10-15(26)11-25(19(21)20(27)24-28)32(29,30)17-7-5-16(6-8-17)31-12-13-3-4-14(22)9-18(13)23/h3-9,15,19,26,28H,10-12H2,1-2H3,(H,24,27). The first kappa shape index (κ1) is 24.8. The highest BCUT2D eigenvalue weighted by Crippen LogP contribution is 2.38. The normalized spacial score (nSPS) is 21.2. The zero-order valence-electron chi connectivity index (χ0n) is 17.5. The molecular weight excluding hydrogens is 479 g/mol. The Bertz CT molecular complexity index is 1090. The van der Waals surface area contributed by atoms with Crippen molar-refractivity contribution in [2.45, 2.75) is 43.9 Å². The van der Waals surface area contributed by atoms with Crippen LogP contribution in [0.2, 0.25) is 10.0 Å². The fourth-order valence-corrected chi connectivity index (χ4v) is 6.15. The van der Waals surface area contributed by atoms with E-state index in [2.05, 4.69) is 0 Å². The molecule has 1 aliphatic rings. The number of ether oxygens (including phenoxy) is 1. The number of carbonyl (C=O) groups is 1. The van der Waals surface area contributed by atoms with Gasteiger partial charge in [0.1, 0.15) is 18.4 Å². The van der Waals surface area contributed by atoms with Crippen LogP contribution in [0.1, 0.15) is 25.8 Å². The van der Waals surface area contributed by atoms with Gasteiger partial charge >= 0.3 is 0 Å². The molecule has 0 radical (unpaired) electrons. The summed E-state index contributed by atoms with van der Waals surface area (Å²) in [5.74, 6) is -0.441. The SMILES string of the molecule is CC1(C)CC(O)CN(S(=O)(=O)c2ccc(OCc3ccc(Cl)cc3Cl)cc2)C1C(=O)NO. The van der Waals surface area contributed by atoms with Crippen molar-refractivity contribution in [2.75, 3.05) is 6.54 Å².